The van der Waals surface area contributed by atoms with Crippen LogP contribution in [-0.4, -0.2) is 35.4 Å². The van der Waals surface area contributed by atoms with Gasteiger partial charge in [-0.1, -0.05) is 0 Å². The van der Waals surface area contributed by atoms with Crippen molar-refractivity contribution in [3.63, 3.8) is 0 Å². The van der Waals surface area contributed by atoms with Crippen molar-refractivity contribution in [3.8, 4) is 0 Å². The maximum Gasteiger partial charge on any atom is 0.335 e. The minimum atomic E-state index is -0.912. The van der Waals surface area contributed by atoms with Crippen molar-refractivity contribution < 1.29 is 15.0 Å². The van der Waals surface area contributed by atoms with Crippen molar-refractivity contribution in [1.82, 2.24) is 0 Å². The van der Waals surface area contributed by atoms with Crippen molar-refractivity contribution in [2.45, 2.75) is 18.9 Å². The summed E-state index contributed by atoms with van der Waals surface area (Å²) in [4.78, 5) is 12.8. The van der Waals surface area contributed by atoms with E-state index in [-0.39, 0.29) is 6.10 Å². The van der Waals surface area contributed by atoms with E-state index in [1.54, 1.807) is 24.3 Å². The molecule has 0 aromatic heterocycles. The van der Waals surface area contributed by atoms with E-state index in [1.807, 2.05) is 0 Å². The number of benzene rings is 1. The van der Waals surface area contributed by atoms with Gasteiger partial charge in [-0.15, -0.1) is 0 Å². The van der Waals surface area contributed by atoms with Crippen molar-refractivity contribution in [2.24, 2.45) is 0 Å². The standard InChI is InChI=1S/C12H15NO3/c14-11-2-1-7-13(8-11)10-5-3-9(4-6-10)12(15)16/h3-6,11,14H,1-2,7-8H2,(H,15,16)/t11-/m0/s1. The number of β-amino-alcohol motifs (C(OH)–C–C–N with tert-alkyl or cyclic N) is 1. The summed E-state index contributed by atoms with van der Waals surface area (Å²) in [7, 11) is 0. The second-order valence-electron chi connectivity index (χ2n) is 4.09. The summed E-state index contributed by atoms with van der Waals surface area (Å²) in [6, 6.07) is 6.78. The highest BCUT2D eigenvalue weighted by molar-refractivity contribution is 5.88. The second-order valence-corrected chi connectivity index (χ2v) is 4.09. The molecule has 0 spiro atoms. The topological polar surface area (TPSA) is 60.8 Å². The van der Waals surface area contributed by atoms with Gasteiger partial charge < -0.3 is 15.1 Å². The lowest BCUT2D eigenvalue weighted by atomic mass is 10.1. The molecule has 1 saturated heterocycles. The van der Waals surface area contributed by atoms with Gasteiger partial charge in [-0.3, -0.25) is 0 Å². The number of carbonyl (C=O) groups is 1. The number of carboxylic acid groups (broad SMARTS) is 1. The highest BCUT2D eigenvalue weighted by Crippen LogP contribution is 2.20. The smallest absolute Gasteiger partial charge is 0.335 e. The molecule has 4 nitrogen and oxygen atoms in total. The summed E-state index contributed by atoms with van der Waals surface area (Å²) in [5, 5.41) is 18.3. The van der Waals surface area contributed by atoms with Crippen LogP contribution in [-0.2, 0) is 0 Å². The molecule has 1 aromatic rings. The fraction of sp³-hybridized carbons (Fsp3) is 0.417. The van der Waals surface area contributed by atoms with Crippen LogP contribution in [0.15, 0.2) is 24.3 Å². The molecule has 1 aromatic carbocycles. The van der Waals surface area contributed by atoms with E-state index in [0.29, 0.717) is 12.1 Å². The van der Waals surface area contributed by atoms with E-state index in [4.69, 9.17) is 5.11 Å². The third kappa shape index (κ3) is 2.33. The third-order valence-corrected chi connectivity index (χ3v) is 2.88. The first-order valence-electron chi connectivity index (χ1n) is 5.43. The molecule has 2 rings (SSSR count). The number of hydrogen-bond donors (Lipinski definition) is 2. The van der Waals surface area contributed by atoms with E-state index in [9.17, 15) is 9.90 Å². The Balaban J connectivity index is 2.11. The normalized spacial score (nSPS) is 20.8. The first-order chi connectivity index (χ1) is 7.66. The lowest BCUT2D eigenvalue weighted by molar-refractivity contribution is 0.0697. The number of nitrogens with zero attached hydrogens (tertiary/aromatic N) is 1. The Hall–Kier alpha value is -1.55. The molecular formula is C12H15NO3. The van der Waals surface area contributed by atoms with Crippen molar-refractivity contribution in [3.05, 3.63) is 29.8 Å². The Morgan fingerprint density at radius 3 is 2.56 bits per heavy atom. The summed E-state index contributed by atoms with van der Waals surface area (Å²) < 4.78 is 0. The van der Waals surface area contributed by atoms with Gasteiger partial charge in [0.25, 0.3) is 0 Å². The molecule has 0 unspecified atom stereocenters. The first-order valence-corrected chi connectivity index (χ1v) is 5.43. The van der Waals surface area contributed by atoms with Crippen LogP contribution in [0.25, 0.3) is 0 Å². The molecular weight excluding hydrogens is 206 g/mol. The molecule has 0 amide bonds. The van der Waals surface area contributed by atoms with Gasteiger partial charge in [0.05, 0.1) is 11.7 Å². The van der Waals surface area contributed by atoms with E-state index in [0.717, 1.165) is 25.1 Å². The minimum Gasteiger partial charge on any atom is -0.478 e. The molecule has 16 heavy (non-hydrogen) atoms. The van der Waals surface area contributed by atoms with E-state index in [2.05, 4.69) is 4.90 Å². The second kappa shape index (κ2) is 4.53. The zero-order valence-corrected chi connectivity index (χ0v) is 8.97. The van der Waals surface area contributed by atoms with Crippen LogP contribution in [0.3, 0.4) is 0 Å². The molecule has 0 saturated carbocycles. The molecule has 86 valence electrons. The highest BCUT2D eigenvalue weighted by atomic mass is 16.4. The predicted octanol–water partition coefficient (Wildman–Crippen LogP) is 1.35. The lowest BCUT2D eigenvalue weighted by Crippen LogP contribution is -2.38. The molecule has 4 heteroatoms. The van der Waals surface area contributed by atoms with E-state index < -0.39 is 5.97 Å². The summed E-state index contributed by atoms with van der Waals surface area (Å²) in [5.41, 5.74) is 1.27. The maximum absolute atomic E-state index is 10.7. The number of aliphatic hydroxyl groups is 1. The van der Waals surface area contributed by atoms with Crippen LogP contribution < -0.4 is 4.90 Å². The van der Waals surface area contributed by atoms with Crippen LogP contribution in [0.1, 0.15) is 23.2 Å². The van der Waals surface area contributed by atoms with Gasteiger partial charge in [0, 0.05) is 18.8 Å². The maximum atomic E-state index is 10.7. The van der Waals surface area contributed by atoms with Crippen molar-refractivity contribution in [1.29, 1.82) is 0 Å². The average Bonchev–Trinajstić information content (AvgIpc) is 2.29. The van der Waals surface area contributed by atoms with Crippen LogP contribution in [0.5, 0.6) is 0 Å². The lowest BCUT2D eigenvalue weighted by Gasteiger charge is -2.32. The first kappa shape index (κ1) is 11.0. The fourth-order valence-corrected chi connectivity index (χ4v) is 2.00. The number of carboxylic acids is 1. The molecule has 0 aliphatic carbocycles. The summed E-state index contributed by atoms with van der Waals surface area (Å²) in [5.74, 6) is -0.912. The Bertz CT molecular complexity index is 374. The molecule has 1 heterocycles. The van der Waals surface area contributed by atoms with Gasteiger partial charge in [0.1, 0.15) is 0 Å². The molecule has 1 fully saturated rings. The number of aliphatic hydroxyl groups excluding tert-OH is 1. The number of rotatable bonds is 2. The SMILES string of the molecule is O=C(O)c1ccc(N2CCC[C@H](O)C2)cc1. The molecule has 0 radical (unpaired) electrons. The van der Waals surface area contributed by atoms with Gasteiger partial charge in [-0.25, -0.2) is 4.79 Å². The highest BCUT2D eigenvalue weighted by Gasteiger charge is 2.17. The van der Waals surface area contributed by atoms with Crippen molar-refractivity contribution in [2.75, 3.05) is 18.0 Å². The van der Waals surface area contributed by atoms with Crippen LogP contribution in [0, 0.1) is 0 Å². The van der Waals surface area contributed by atoms with Crippen LogP contribution in [0.2, 0.25) is 0 Å². The fourth-order valence-electron chi connectivity index (χ4n) is 2.00. The predicted molar refractivity (Wildman–Crippen MR) is 60.9 cm³/mol. The summed E-state index contributed by atoms with van der Waals surface area (Å²) in [6.45, 7) is 1.55. The number of hydrogen-bond acceptors (Lipinski definition) is 3. The molecule has 2 N–H and O–H groups in total. The summed E-state index contributed by atoms with van der Waals surface area (Å²) >= 11 is 0. The minimum absolute atomic E-state index is 0.270. The molecule has 1 aliphatic rings. The zero-order valence-electron chi connectivity index (χ0n) is 8.97. The molecule has 0 bridgehead atoms. The van der Waals surface area contributed by atoms with Gasteiger partial charge >= 0.3 is 5.97 Å². The molecule has 1 aliphatic heterocycles. The van der Waals surface area contributed by atoms with Crippen LogP contribution in [0.4, 0.5) is 5.69 Å². The monoisotopic (exact) mass is 221 g/mol. The zero-order chi connectivity index (χ0) is 11.5. The van der Waals surface area contributed by atoms with Crippen LogP contribution >= 0.6 is 0 Å². The number of aromatic carboxylic acids is 1. The Morgan fingerprint density at radius 2 is 2.00 bits per heavy atom. The largest absolute Gasteiger partial charge is 0.478 e. The Labute approximate surface area is 94.1 Å². The quantitative estimate of drug-likeness (QED) is 0.791. The van der Waals surface area contributed by atoms with Gasteiger partial charge in [0.15, 0.2) is 0 Å². The van der Waals surface area contributed by atoms with E-state index >= 15 is 0 Å². The number of anilines is 1. The molecule has 1 atom stereocenters. The van der Waals surface area contributed by atoms with Crippen molar-refractivity contribution >= 4 is 11.7 Å². The van der Waals surface area contributed by atoms with Gasteiger partial charge in [-0.05, 0) is 37.1 Å². The number of piperidine rings is 1. The van der Waals surface area contributed by atoms with Gasteiger partial charge in [-0.2, -0.15) is 0 Å². The third-order valence-electron chi connectivity index (χ3n) is 2.88. The van der Waals surface area contributed by atoms with Gasteiger partial charge in [0.2, 0.25) is 0 Å². The Morgan fingerprint density at radius 1 is 1.31 bits per heavy atom. The average molecular weight is 221 g/mol. The Kier molecular flexibility index (Phi) is 3.10. The summed E-state index contributed by atoms with van der Waals surface area (Å²) in [6.07, 6.45) is 1.55. The van der Waals surface area contributed by atoms with E-state index in [1.165, 1.54) is 0 Å².